The molecular weight excluding hydrogens is 179 g/mol. The van der Waals surface area contributed by atoms with Crippen molar-refractivity contribution in [1.82, 2.24) is 0 Å². The number of hydrogen-bond donors (Lipinski definition) is 3. The first-order valence-electron chi connectivity index (χ1n) is 3.07. The molecule has 0 saturated heterocycles. The summed E-state index contributed by atoms with van der Waals surface area (Å²) in [5, 5.41) is 3.03. The fourth-order valence-corrected chi connectivity index (χ4v) is 1.26. The highest BCUT2D eigenvalue weighted by Crippen LogP contribution is 2.33. The van der Waals surface area contributed by atoms with E-state index in [0.717, 1.165) is 0 Å². The summed E-state index contributed by atoms with van der Waals surface area (Å²) < 4.78 is 10.6. The summed E-state index contributed by atoms with van der Waals surface area (Å²) in [4.78, 5) is 17.4. The summed E-state index contributed by atoms with van der Waals surface area (Å²) >= 11 is 0. The van der Waals surface area contributed by atoms with Crippen LogP contribution in [0.5, 0.6) is 0 Å². The second-order valence-corrected chi connectivity index (χ2v) is 3.78. The van der Waals surface area contributed by atoms with Crippen molar-refractivity contribution in [2.75, 3.05) is 0 Å². The van der Waals surface area contributed by atoms with Crippen molar-refractivity contribution in [1.29, 1.82) is 5.53 Å². The van der Waals surface area contributed by atoms with Gasteiger partial charge in [0.25, 0.3) is 0 Å². The number of nitrogens with zero attached hydrogens (tertiary/aromatic N) is 1. The van der Waals surface area contributed by atoms with Gasteiger partial charge in [0, 0.05) is 0 Å². The van der Waals surface area contributed by atoms with E-state index >= 15 is 0 Å². The molecule has 1 aromatic carbocycles. The Morgan fingerprint density at radius 1 is 1.25 bits per heavy atom. The van der Waals surface area contributed by atoms with Crippen molar-refractivity contribution in [3.63, 3.8) is 0 Å². The van der Waals surface area contributed by atoms with Crippen molar-refractivity contribution in [2.24, 2.45) is 5.11 Å². The van der Waals surface area contributed by atoms with E-state index in [9.17, 15) is 4.57 Å². The minimum Gasteiger partial charge on any atom is -0.321 e. The van der Waals surface area contributed by atoms with E-state index in [2.05, 4.69) is 5.11 Å². The third kappa shape index (κ3) is 1.98. The molecule has 0 aromatic heterocycles. The molecule has 0 aliphatic rings. The Morgan fingerprint density at radius 3 is 2.08 bits per heavy atom. The smallest absolute Gasteiger partial charge is 0.321 e. The molecule has 0 fully saturated rings. The van der Waals surface area contributed by atoms with E-state index in [1.165, 1.54) is 24.3 Å². The fourth-order valence-electron chi connectivity index (χ4n) is 0.721. The molecule has 0 heterocycles. The lowest BCUT2D eigenvalue weighted by atomic mass is 10.3. The molecule has 5 nitrogen and oxygen atoms in total. The molecule has 0 radical (unpaired) electrons. The van der Waals surface area contributed by atoms with Gasteiger partial charge in [-0.3, -0.25) is 4.57 Å². The predicted molar refractivity (Wildman–Crippen MR) is 42.9 cm³/mol. The summed E-state index contributed by atoms with van der Waals surface area (Å²) in [5.41, 5.74) is 6.97. The lowest BCUT2D eigenvalue weighted by molar-refractivity contribution is 0.387. The van der Waals surface area contributed by atoms with Gasteiger partial charge in [-0.2, -0.15) is 5.11 Å². The van der Waals surface area contributed by atoms with E-state index in [4.69, 9.17) is 15.3 Å². The van der Waals surface area contributed by atoms with Crippen LogP contribution in [-0.2, 0) is 4.57 Å². The molecule has 6 heteroatoms. The third-order valence-electron chi connectivity index (χ3n) is 1.32. The zero-order chi connectivity index (χ0) is 9.19. The molecular formula is C6H7N2O3P. The van der Waals surface area contributed by atoms with Gasteiger partial charge in [0.05, 0.1) is 11.0 Å². The molecule has 0 aliphatic carbocycles. The van der Waals surface area contributed by atoms with E-state index in [0.29, 0.717) is 5.69 Å². The van der Waals surface area contributed by atoms with Gasteiger partial charge in [-0.15, -0.1) is 0 Å². The maximum Gasteiger partial charge on any atom is 0.356 e. The Bertz CT molecular complexity index is 329. The van der Waals surface area contributed by atoms with E-state index in [-0.39, 0.29) is 5.30 Å². The highest BCUT2D eigenvalue weighted by molar-refractivity contribution is 7.60. The fraction of sp³-hybridized carbons (Fsp3) is 0. The minimum atomic E-state index is -4.15. The summed E-state index contributed by atoms with van der Waals surface area (Å²) in [5.74, 6) is 0. The molecule has 0 spiro atoms. The standard InChI is InChI=1S/C6H7N2O3P/c7-8-5-1-3-6(4-2-5)12(9,10)11/h1-4,7H,(H2,9,10,11). The molecule has 3 N–H and O–H groups in total. The van der Waals surface area contributed by atoms with Crippen LogP contribution in [0.3, 0.4) is 0 Å². The first-order valence-corrected chi connectivity index (χ1v) is 4.69. The van der Waals surface area contributed by atoms with Gasteiger partial charge in [-0.1, -0.05) is 0 Å². The number of hydrogen-bond acceptors (Lipinski definition) is 3. The van der Waals surface area contributed by atoms with Crippen molar-refractivity contribution in [2.45, 2.75) is 0 Å². The molecule has 0 atom stereocenters. The molecule has 64 valence electrons. The second-order valence-electron chi connectivity index (χ2n) is 2.17. The Balaban J connectivity index is 3.08. The maximum absolute atomic E-state index is 10.6. The highest BCUT2D eigenvalue weighted by atomic mass is 31.2. The average molecular weight is 186 g/mol. The van der Waals surface area contributed by atoms with Gasteiger partial charge in [0.2, 0.25) is 0 Å². The summed E-state index contributed by atoms with van der Waals surface area (Å²) in [6.07, 6.45) is 0. The van der Waals surface area contributed by atoms with E-state index in [1.54, 1.807) is 0 Å². The van der Waals surface area contributed by atoms with E-state index < -0.39 is 7.60 Å². The van der Waals surface area contributed by atoms with Crippen LogP contribution < -0.4 is 5.30 Å². The zero-order valence-electron chi connectivity index (χ0n) is 6.01. The number of nitrogens with one attached hydrogen (secondary N) is 1. The Hall–Kier alpha value is -1.03. The first-order chi connectivity index (χ1) is 5.54. The van der Waals surface area contributed by atoms with Crippen LogP contribution in [0.15, 0.2) is 29.4 Å². The second kappa shape index (κ2) is 3.15. The van der Waals surface area contributed by atoms with Gasteiger partial charge in [0.15, 0.2) is 0 Å². The largest absolute Gasteiger partial charge is 0.356 e. The summed E-state index contributed by atoms with van der Waals surface area (Å²) in [6.45, 7) is 0. The minimum absolute atomic E-state index is 0.0603. The summed E-state index contributed by atoms with van der Waals surface area (Å²) in [6, 6.07) is 5.27. The van der Waals surface area contributed by atoms with Gasteiger partial charge < -0.3 is 9.79 Å². The quantitative estimate of drug-likeness (QED) is 0.477. The molecule has 0 unspecified atom stereocenters. The van der Waals surface area contributed by atoms with Crippen LogP contribution in [0, 0.1) is 5.53 Å². The molecule has 0 bridgehead atoms. The number of benzene rings is 1. The third-order valence-corrected chi connectivity index (χ3v) is 2.29. The van der Waals surface area contributed by atoms with Crippen LogP contribution >= 0.6 is 7.60 Å². The molecule has 12 heavy (non-hydrogen) atoms. The van der Waals surface area contributed by atoms with Gasteiger partial charge in [-0.25, -0.2) is 5.53 Å². The predicted octanol–water partition coefficient (Wildman–Crippen LogP) is 1.15. The van der Waals surface area contributed by atoms with Gasteiger partial charge in [0.1, 0.15) is 0 Å². The highest BCUT2D eigenvalue weighted by Gasteiger charge is 2.15. The zero-order valence-corrected chi connectivity index (χ0v) is 6.90. The summed E-state index contributed by atoms with van der Waals surface area (Å²) in [7, 11) is -4.15. The molecule has 0 amide bonds. The molecule has 0 saturated carbocycles. The van der Waals surface area contributed by atoms with Crippen LogP contribution in [0.1, 0.15) is 0 Å². The SMILES string of the molecule is N=Nc1ccc(P(=O)(O)O)cc1. The Labute approximate surface area is 68.7 Å². The molecule has 1 aromatic rings. The molecule has 0 aliphatic heterocycles. The van der Waals surface area contributed by atoms with Crippen molar-refractivity contribution < 1.29 is 14.4 Å². The van der Waals surface area contributed by atoms with Crippen molar-refractivity contribution >= 4 is 18.6 Å². The molecule has 1 rings (SSSR count). The topological polar surface area (TPSA) is 93.7 Å². The van der Waals surface area contributed by atoms with Gasteiger partial charge in [-0.05, 0) is 24.3 Å². The van der Waals surface area contributed by atoms with Crippen molar-refractivity contribution in [3.05, 3.63) is 24.3 Å². The van der Waals surface area contributed by atoms with Crippen LogP contribution in [0.25, 0.3) is 0 Å². The average Bonchev–Trinajstić information content (AvgIpc) is 2.03. The van der Waals surface area contributed by atoms with Crippen LogP contribution in [-0.4, -0.2) is 9.79 Å². The maximum atomic E-state index is 10.6. The van der Waals surface area contributed by atoms with Crippen LogP contribution in [0.4, 0.5) is 5.69 Å². The van der Waals surface area contributed by atoms with Crippen LogP contribution in [0.2, 0.25) is 0 Å². The lowest BCUT2D eigenvalue weighted by Gasteiger charge is -2.02. The van der Waals surface area contributed by atoms with Crippen molar-refractivity contribution in [3.8, 4) is 0 Å². The van der Waals surface area contributed by atoms with E-state index in [1.807, 2.05) is 0 Å². The lowest BCUT2D eigenvalue weighted by Crippen LogP contribution is -2.01. The first kappa shape index (κ1) is 9.06. The Kier molecular flexibility index (Phi) is 2.38. The normalized spacial score (nSPS) is 11.2. The van der Waals surface area contributed by atoms with Gasteiger partial charge >= 0.3 is 7.60 Å². The monoisotopic (exact) mass is 186 g/mol. The Morgan fingerprint density at radius 2 is 1.75 bits per heavy atom. The number of rotatable bonds is 2.